The van der Waals surface area contributed by atoms with Crippen molar-refractivity contribution in [2.75, 3.05) is 19.1 Å². The van der Waals surface area contributed by atoms with Gasteiger partial charge in [0.15, 0.2) is 11.5 Å². The first-order valence-corrected chi connectivity index (χ1v) is 11.4. The van der Waals surface area contributed by atoms with Crippen LogP contribution in [0.25, 0.3) is 11.3 Å². The third-order valence-corrected chi connectivity index (χ3v) is 5.38. The van der Waals surface area contributed by atoms with Crippen LogP contribution in [0.1, 0.15) is 28.8 Å². The predicted octanol–water partition coefficient (Wildman–Crippen LogP) is 5.61. The van der Waals surface area contributed by atoms with E-state index < -0.39 is 5.97 Å². The van der Waals surface area contributed by atoms with Gasteiger partial charge in [0.2, 0.25) is 10.9 Å². The maximum Gasteiger partial charge on any atom is 0.373 e. The van der Waals surface area contributed by atoms with Crippen molar-refractivity contribution in [3.8, 4) is 22.8 Å². The predicted molar refractivity (Wildman–Crippen MR) is 131 cm³/mol. The second-order valence-electron chi connectivity index (χ2n) is 6.96. The number of hydrogen-bond acceptors (Lipinski definition) is 9. The number of benzene rings is 2. The quantitative estimate of drug-likeness (QED) is 0.180. The summed E-state index contributed by atoms with van der Waals surface area (Å²) in [4.78, 5) is 16.1. The molecular formula is C25H23N3O5S. The van der Waals surface area contributed by atoms with Gasteiger partial charge < -0.3 is 18.6 Å². The largest absolute Gasteiger partial charge is 0.490 e. The highest BCUT2D eigenvalue weighted by molar-refractivity contribution is 7.14. The summed E-state index contributed by atoms with van der Waals surface area (Å²) < 4.78 is 21.6. The number of thiazole rings is 1. The second-order valence-corrected chi connectivity index (χ2v) is 7.82. The van der Waals surface area contributed by atoms with Crippen molar-refractivity contribution in [2.24, 2.45) is 5.10 Å². The Kier molecular flexibility index (Phi) is 7.56. The molecule has 0 radical (unpaired) electrons. The Balaban J connectivity index is 1.39. The van der Waals surface area contributed by atoms with E-state index in [1.54, 1.807) is 24.4 Å². The van der Waals surface area contributed by atoms with E-state index in [-0.39, 0.29) is 12.4 Å². The molecule has 0 aliphatic carbocycles. The average Bonchev–Trinajstić information content (AvgIpc) is 3.54. The van der Waals surface area contributed by atoms with E-state index in [4.69, 9.17) is 13.9 Å². The highest BCUT2D eigenvalue weighted by atomic mass is 32.1. The minimum atomic E-state index is -0.535. The Hall–Kier alpha value is -4.11. The van der Waals surface area contributed by atoms with E-state index in [0.29, 0.717) is 29.0 Å². The third kappa shape index (κ3) is 5.81. The van der Waals surface area contributed by atoms with Crippen LogP contribution in [0.5, 0.6) is 11.5 Å². The summed E-state index contributed by atoms with van der Waals surface area (Å²) in [6, 6.07) is 18.7. The van der Waals surface area contributed by atoms with Crippen molar-refractivity contribution in [3.63, 3.8) is 0 Å². The number of anilines is 1. The Labute approximate surface area is 200 Å². The summed E-state index contributed by atoms with van der Waals surface area (Å²) in [5.74, 6) is 1.21. The molecule has 0 fully saturated rings. The van der Waals surface area contributed by atoms with Crippen LogP contribution in [0.3, 0.4) is 0 Å². The molecule has 0 atom stereocenters. The Morgan fingerprint density at radius 2 is 1.97 bits per heavy atom. The number of furan rings is 1. The molecule has 4 rings (SSSR count). The van der Waals surface area contributed by atoms with Gasteiger partial charge in [0, 0.05) is 10.9 Å². The first-order valence-electron chi connectivity index (χ1n) is 10.5. The molecule has 1 N–H and O–H groups in total. The molecule has 0 aliphatic rings. The molecule has 2 aromatic carbocycles. The zero-order valence-corrected chi connectivity index (χ0v) is 19.5. The van der Waals surface area contributed by atoms with E-state index in [1.807, 2.05) is 54.8 Å². The number of rotatable bonds is 10. The van der Waals surface area contributed by atoms with Gasteiger partial charge in [-0.25, -0.2) is 9.78 Å². The van der Waals surface area contributed by atoms with Gasteiger partial charge in [-0.15, -0.1) is 11.3 Å². The SMILES string of the molecule is CCOc1cc(C=NNc2nc(-c3ccccc3)cs2)ccc1OCc1ccc(C(=O)OC)o1. The van der Waals surface area contributed by atoms with Crippen molar-refractivity contribution in [2.45, 2.75) is 13.5 Å². The number of carbonyl (C=O) groups is 1. The number of methoxy groups -OCH3 is 1. The summed E-state index contributed by atoms with van der Waals surface area (Å²) in [6.07, 6.45) is 1.69. The number of carbonyl (C=O) groups excluding carboxylic acids is 1. The van der Waals surface area contributed by atoms with Crippen LogP contribution in [-0.4, -0.2) is 30.9 Å². The van der Waals surface area contributed by atoms with E-state index in [9.17, 15) is 4.79 Å². The highest BCUT2D eigenvalue weighted by Gasteiger charge is 2.13. The number of esters is 1. The lowest BCUT2D eigenvalue weighted by Gasteiger charge is -2.11. The Bertz CT molecular complexity index is 1270. The maximum absolute atomic E-state index is 11.5. The molecule has 0 saturated carbocycles. The van der Waals surface area contributed by atoms with Gasteiger partial charge in [0.25, 0.3) is 0 Å². The molecule has 34 heavy (non-hydrogen) atoms. The van der Waals surface area contributed by atoms with Crippen LogP contribution in [0.2, 0.25) is 0 Å². The van der Waals surface area contributed by atoms with Gasteiger partial charge in [0.1, 0.15) is 12.4 Å². The van der Waals surface area contributed by atoms with E-state index >= 15 is 0 Å². The summed E-state index contributed by atoms with van der Waals surface area (Å²) in [6.45, 7) is 2.51. The molecule has 0 bridgehead atoms. The lowest BCUT2D eigenvalue weighted by Crippen LogP contribution is -2.01. The summed E-state index contributed by atoms with van der Waals surface area (Å²) in [7, 11) is 1.30. The van der Waals surface area contributed by atoms with Gasteiger partial charge in [-0.05, 0) is 42.8 Å². The number of hydrogen-bond donors (Lipinski definition) is 1. The minimum absolute atomic E-state index is 0.126. The van der Waals surface area contributed by atoms with Crippen LogP contribution in [0.4, 0.5) is 5.13 Å². The van der Waals surface area contributed by atoms with Crippen LogP contribution in [0.15, 0.2) is 75.6 Å². The van der Waals surface area contributed by atoms with Gasteiger partial charge >= 0.3 is 5.97 Å². The fourth-order valence-corrected chi connectivity index (χ4v) is 3.70. The zero-order valence-electron chi connectivity index (χ0n) is 18.7. The van der Waals surface area contributed by atoms with Crippen molar-refractivity contribution in [3.05, 3.63) is 83.1 Å². The second kappa shape index (κ2) is 11.2. The minimum Gasteiger partial charge on any atom is -0.490 e. The van der Waals surface area contributed by atoms with Crippen molar-refractivity contribution >= 4 is 28.7 Å². The van der Waals surface area contributed by atoms with Gasteiger partial charge in [0.05, 0.1) is 25.6 Å². The molecular weight excluding hydrogens is 454 g/mol. The average molecular weight is 478 g/mol. The first kappa shape index (κ1) is 23.1. The highest BCUT2D eigenvalue weighted by Crippen LogP contribution is 2.29. The molecule has 4 aromatic rings. The van der Waals surface area contributed by atoms with Crippen molar-refractivity contribution in [1.29, 1.82) is 0 Å². The van der Waals surface area contributed by atoms with Gasteiger partial charge in [-0.1, -0.05) is 30.3 Å². The van der Waals surface area contributed by atoms with Crippen LogP contribution in [0, 0.1) is 0 Å². The number of nitrogens with one attached hydrogen (secondary N) is 1. The lowest BCUT2D eigenvalue weighted by molar-refractivity contribution is 0.0561. The molecule has 0 saturated heterocycles. The fourth-order valence-electron chi connectivity index (χ4n) is 3.04. The van der Waals surface area contributed by atoms with E-state index in [0.717, 1.165) is 16.8 Å². The molecule has 2 heterocycles. The van der Waals surface area contributed by atoms with Crippen LogP contribution in [-0.2, 0) is 11.3 Å². The Morgan fingerprint density at radius 3 is 2.76 bits per heavy atom. The van der Waals surface area contributed by atoms with Crippen LogP contribution >= 0.6 is 11.3 Å². The van der Waals surface area contributed by atoms with Crippen molar-refractivity contribution < 1.29 is 23.4 Å². The fraction of sp³-hybridized carbons (Fsp3) is 0.160. The molecule has 174 valence electrons. The maximum atomic E-state index is 11.5. The number of ether oxygens (including phenoxy) is 3. The molecule has 9 heteroatoms. The number of hydrazone groups is 1. The lowest BCUT2D eigenvalue weighted by atomic mass is 10.2. The number of nitrogens with zero attached hydrogens (tertiary/aromatic N) is 2. The number of aromatic nitrogens is 1. The molecule has 8 nitrogen and oxygen atoms in total. The third-order valence-electron chi connectivity index (χ3n) is 4.63. The summed E-state index contributed by atoms with van der Waals surface area (Å²) in [5.41, 5.74) is 5.76. The zero-order chi connectivity index (χ0) is 23.8. The summed E-state index contributed by atoms with van der Waals surface area (Å²) >= 11 is 1.48. The van der Waals surface area contributed by atoms with E-state index in [1.165, 1.54) is 18.4 Å². The van der Waals surface area contributed by atoms with Gasteiger partial charge in [-0.3, -0.25) is 5.43 Å². The standard InChI is InChI=1S/C25H23N3O5S/c1-3-31-23-13-17(9-11-21(23)32-15-19-10-12-22(33-19)24(29)30-2)14-26-28-25-27-20(16-34-25)18-7-5-4-6-8-18/h4-14,16H,3,15H2,1-2H3,(H,27,28). The van der Waals surface area contributed by atoms with Crippen molar-refractivity contribution in [1.82, 2.24) is 4.98 Å². The monoisotopic (exact) mass is 477 g/mol. The first-order chi connectivity index (χ1) is 16.7. The summed E-state index contributed by atoms with van der Waals surface area (Å²) in [5, 5.41) is 6.97. The molecule has 0 amide bonds. The molecule has 0 unspecified atom stereocenters. The smallest absolute Gasteiger partial charge is 0.373 e. The normalized spacial score (nSPS) is 10.9. The Morgan fingerprint density at radius 1 is 1.12 bits per heavy atom. The molecule has 0 spiro atoms. The molecule has 0 aliphatic heterocycles. The molecule has 2 aromatic heterocycles. The topological polar surface area (TPSA) is 95.2 Å². The van der Waals surface area contributed by atoms with E-state index in [2.05, 4.69) is 20.2 Å². The van der Waals surface area contributed by atoms with Crippen LogP contribution < -0.4 is 14.9 Å². The van der Waals surface area contributed by atoms with Gasteiger partial charge in [-0.2, -0.15) is 5.10 Å².